The third-order valence-electron chi connectivity index (χ3n) is 11.0. The highest BCUT2D eigenvalue weighted by Crippen LogP contribution is 2.53. The van der Waals surface area contributed by atoms with Crippen LogP contribution in [0.25, 0.3) is 11.0 Å². The van der Waals surface area contributed by atoms with E-state index in [0.717, 1.165) is 82.4 Å². The van der Waals surface area contributed by atoms with Crippen LogP contribution in [0.3, 0.4) is 0 Å². The van der Waals surface area contributed by atoms with Crippen LogP contribution >= 0.6 is 23.5 Å². The highest BCUT2D eigenvalue weighted by Gasteiger charge is 2.41. The molecule has 5 aliphatic rings. The summed E-state index contributed by atoms with van der Waals surface area (Å²) in [6.45, 7) is 14.9. The summed E-state index contributed by atoms with van der Waals surface area (Å²) < 4.78 is 16.0. The average molecular weight is 901 g/mol. The zero-order chi connectivity index (χ0) is 45.7. The van der Waals surface area contributed by atoms with Crippen molar-refractivity contribution >= 4 is 75.7 Å². The highest BCUT2D eigenvalue weighted by molar-refractivity contribution is 8.24. The summed E-state index contributed by atoms with van der Waals surface area (Å²) in [4.78, 5) is 90.9. The van der Waals surface area contributed by atoms with Gasteiger partial charge in [-0.05, 0) is 98.7 Å². The number of carboxylic acid groups (broad SMARTS) is 1. The van der Waals surface area contributed by atoms with Crippen molar-refractivity contribution in [3.63, 3.8) is 0 Å². The van der Waals surface area contributed by atoms with Crippen molar-refractivity contribution in [1.29, 1.82) is 0 Å². The molecule has 2 fully saturated rings. The van der Waals surface area contributed by atoms with Gasteiger partial charge in [0.15, 0.2) is 5.78 Å². The van der Waals surface area contributed by atoms with Gasteiger partial charge < -0.3 is 28.8 Å². The minimum absolute atomic E-state index is 0.0273. The van der Waals surface area contributed by atoms with Gasteiger partial charge in [0.2, 0.25) is 0 Å². The molecule has 334 valence electrons. The number of esters is 1. The number of anilines is 1. The first-order chi connectivity index (χ1) is 29.9. The molecule has 0 saturated carbocycles. The Morgan fingerprint density at radius 3 is 2.16 bits per heavy atom. The minimum atomic E-state index is -1.24. The van der Waals surface area contributed by atoms with E-state index in [-0.39, 0.29) is 34.5 Å². The number of amides is 4. The minimum Gasteiger partial charge on any atom is -0.477 e. The summed E-state index contributed by atoms with van der Waals surface area (Å²) in [6.07, 6.45) is 9.07. The van der Waals surface area contributed by atoms with Crippen LogP contribution in [0.1, 0.15) is 74.5 Å². The number of carbonyl (C=O) groups excluding carboxylic acids is 5. The van der Waals surface area contributed by atoms with Crippen LogP contribution in [-0.2, 0) is 46.9 Å². The zero-order valence-corrected chi connectivity index (χ0v) is 38.2. The molecule has 0 unspecified atom stereocenters. The lowest BCUT2D eigenvalue weighted by molar-refractivity contribution is -0.140. The molecule has 0 bridgehead atoms. The number of imide groups is 2. The molecule has 6 heterocycles. The van der Waals surface area contributed by atoms with Crippen molar-refractivity contribution in [2.75, 3.05) is 65.0 Å². The van der Waals surface area contributed by atoms with Crippen LogP contribution in [0, 0.1) is 0 Å². The summed E-state index contributed by atoms with van der Waals surface area (Å²) in [5.41, 5.74) is 4.41. The Bertz CT molecular complexity index is 2480. The van der Waals surface area contributed by atoms with Gasteiger partial charge in [-0.1, -0.05) is 50.4 Å². The molecule has 0 radical (unpaired) electrons. The third kappa shape index (κ3) is 10.4. The van der Waals surface area contributed by atoms with E-state index in [9.17, 15) is 33.6 Å². The molecule has 3 aromatic rings. The lowest BCUT2D eigenvalue weighted by Gasteiger charge is -2.37. The van der Waals surface area contributed by atoms with E-state index in [1.165, 1.54) is 73.5 Å². The topological polar surface area (TPSA) is 184 Å². The van der Waals surface area contributed by atoms with E-state index in [0.29, 0.717) is 23.0 Å². The van der Waals surface area contributed by atoms with E-state index >= 15 is 0 Å². The number of aromatic carboxylic acids is 1. The maximum Gasteiger partial charge on any atom is 0.351 e. The van der Waals surface area contributed by atoms with Crippen molar-refractivity contribution in [1.82, 2.24) is 14.7 Å². The van der Waals surface area contributed by atoms with E-state index in [1.807, 2.05) is 18.3 Å². The van der Waals surface area contributed by atoms with Crippen molar-refractivity contribution in [3.8, 4) is 0 Å². The normalized spacial score (nSPS) is 17.6. The number of likely N-dealkylation sites (N-methyl/N-ethyl adjacent to an activating group) is 2. The van der Waals surface area contributed by atoms with Crippen molar-refractivity contribution in [3.05, 3.63) is 96.7 Å². The molecule has 1 N–H and O–H groups in total. The zero-order valence-electron chi connectivity index (χ0n) is 36.5. The van der Waals surface area contributed by atoms with Crippen molar-refractivity contribution < 1.29 is 47.8 Å². The highest BCUT2D eigenvalue weighted by atomic mass is 32.2. The number of aryl methyl sites for hydroxylation is 2. The van der Waals surface area contributed by atoms with Gasteiger partial charge >= 0.3 is 23.6 Å². The van der Waals surface area contributed by atoms with Crippen molar-refractivity contribution in [2.45, 2.75) is 75.5 Å². The predicted octanol–water partition coefficient (Wildman–Crippen LogP) is 6.54. The molecule has 5 aliphatic heterocycles. The molecule has 63 heavy (non-hydrogen) atoms. The van der Waals surface area contributed by atoms with Gasteiger partial charge in [-0.15, -0.1) is 0 Å². The summed E-state index contributed by atoms with van der Waals surface area (Å²) >= 11 is 2.83. The molecule has 17 heteroatoms. The Kier molecular flexibility index (Phi) is 14.7. The molecule has 8 rings (SSSR count). The fourth-order valence-corrected chi connectivity index (χ4v) is 10.1. The number of morpholine rings is 1. The summed E-state index contributed by atoms with van der Waals surface area (Å²) in [7, 11) is 2.78. The van der Waals surface area contributed by atoms with Gasteiger partial charge in [0.25, 0.3) is 11.8 Å². The SMILES string of the molecule is CCOC(=O)C(=CC=CN1CCOCC1)C(C)=O.CN1C(=O)C(=C2Sc3ccc(C(C)(C)C)cc3S2)C(=O)N(C)C1=O.O=C(O)c1cc2cc3c4c(c2oc1=O)CCCN4CCC3. The number of urea groups is 1. The Labute approximate surface area is 374 Å². The first-order valence-electron chi connectivity index (χ1n) is 20.7. The lowest BCUT2D eigenvalue weighted by atomic mass is 9.87. The molecule has 1 aromatic heterocycles. The second-order valence-electron chi connectivity index (χ2n) is 16.4. The fourth-order valence-electron chi connectivity index (χ4n) is 7.58. The number of nitrogens with zero attached hydrogens (tertiary/aromatic N) is 4. The van der Waals surface area contributed by atoms with Gasteiger partial charge in [-0.25, -0.2) is 19.2 Å². The van der Waals surface area contributed by atoms with Crippen LogP contribution in [0.2, 0.25) is 0 Å². The Hall–Kier alpha value is -5.65. The quantitative estimate of drug-likeness (QED) is 0.0702. The van der Waals surface area contributed by atoms with Crippen LogP contribution in [0.4, 0.5) is 10.5 Å². The summed E-state index contributed by atoms with van der Waals surface area (Å²) in [6, 6.07) is 9.05. The van der Waals surface area contributed by atoms with Crippen molar-refractivity contribution in [2.24, 2.45) is 0 Å². The van der Waals surface area contributed by atoms with Gasteiger partial charge in [0.1, 0.15) is 22.3 Å². The largest absolute Gasteiger partial charge is 0.477 e. The maximum absolute atomic E-state index is 12.4. The number of allylic oxidation sites excluding steroid dienone is 2. The molecular formula is C46H52N4O11S2. The average Bonchev–Trinajstić information content (AvgIpc) is 3.67. The van der Waals surface area contributed by atoms with E-state index in [2.05, 4.69) is 42.7 Å². The molecule has 0 spiro atoms. The number of carbonyl (C=O) groups is 6. The van der Waals surface area contributed by atoms with E-state index < -0.39 is 35.4 Å². The maximum atomic E-state index is 12.4. The number of hydrogen-bond acceptors (Lipinski definition) is 14. The second-order valence-corrected chi connectivity index (χ2v) is 18.7. The predicted molar refractivity (Wildman–Crippen MR) is 240 cm³/mol. The number of benzene rings is 2. The standard InChI is InChI=1S/C17H18N2O3S2.C16H15NO4.C13H19NO4/c1-17(2,3)9-6-7-10-11(8-9)24-15(23-10)12-13(20)18(4)16(22)19(5)14(12)21;18-15(19)12-8-10-7-9-3-1-5-17-6-2-4-11(13(9)17)14(10)21-16(12)20;1-3-18-13(16)12(11(2)15)5-4-6-14-7-9-17-10-8-14/h6-8H,1-5H3;7-8H,1-6H2,(H,18,19);4-6H,3,7-10H2,1-2H3. The first-order valence-corrected chi connectivity index (χ1v) is 22.4. The molecule has 15 nitrogen and oxygen atoms in total. The molecular weight excluding hydrogens is 849 g/mol. The number of thioether (sulfide) groups is 2. The van der Waals surface area contributed by atoms with Gasteiger partial charge in [-0.3, -0.25) is 24.2 Å². The van der Waals surface area contributed by atoms with Gasteiger partial charge in [0.05, 0.1) is 24.1 Å². The van der Waals surface area contributed by atoms with Crippen LogP contribution in [0.5, 0.6) is 0 Å². The molecule has 4 amide bonds. The number of Topliss-reactive ketones (excluding diaryl/α,β-unsaturated/α-hetero) is 1. The molecule has 2 saturated heterocycles. The Morgan fingerprint density at radius 2 is 1.54 bits per heavy atom. The van der Waals surface area contributed by atoms with Crippen LogP contribution in [-0.4, -0.2) is 115 Å². The molecule has 0 atom stereocenters. The second kappa shape index (κ2) is 19.8. The van der Waals surface area contributed by atoms with Gasteiger partial charge in [-0.2, -0.15) is 0 Å². The Morgan fingerprint density at radius 1 is 0.889 bits per heavy atom. The smallest absolute Gasteiger partial charge is 0.351 e. The number of ether oxygens (including phenoxy) is 2. The third-order valence-corrected chi connectivity index (χ3v) is 13.5. The fraction of sp³-hybridized carbons (Fsp3) is 0.413. The van der Waals surface area contributed by atoms with Gasteiger partial charge in [0, 0.05) is 66.7 Å². The first kappa shape index (κ1) is 46.8. The number of hydrogen-bond donors (Lipinski definition) is 1. The number of barbiturate groups is 1. The Balaban J connectivity index is 0.000000159. The van der Waals surface area contributed by atoms with Crippen LogP contribution < -0.4 is 10.5 Å². The number of fused-ring (bicyclic) bond motifs is 3. The van der Waals surface area contributed by atoms with Crippen LogP contribution in [0.15, 0.2) is 83.1 Å². The molecule has 2 aromatic carbocycles. The van der Waals surface area contributed by atoms with E-state index in [4.69, 9.17) is 19.0 Å². The molecule has 0 aliphatic carbocycles. The lowest BCUT2D eigenvalue weighted by Crippen LogP contribution is -2.53. The van der Waals surface area contributed by atoms with E-state index in [1.54, 1.807) is 13.0 Å². The number of carboxylic acids is 1. The summed E-state index contributed by atoms with van der Waals surface area (Å²) in [5.74, 6) is -3.18. The number of rotatable bonds is 6. The monoisotopic (exact) mass is 900 g/mol. The number of ketones is 1. The summed E-state index contributed by atoms with van der Waals surface area (Å²) in [5, 5.41) is 9.80.